The van der Waals surface area contributed by atoms with Crippen molar-refractivity contribution in [2.75, 3.05) is 0 Å². The summed E-state index contributed by atoms with van der Waals surface area (Å²) in [6.45, 7) is 0. The molecule has 5 heteroatoms. The molecule has 4 aliphatic rings. The van der Waals surface area contributed by atoms with E-state index in [4.69, 9.17) is 5.73 Å². The first-order valence-electron chi connectivity index (χ1n) is 10.6. The number of hydrogen-bond donors (Lipinski definition) is 2. The van der Waals surface area contributed by atoms with Crippen LogP contribution in [0.25, 0.3) is 0 Å². The van der Waals surface area contributed by atoms with Gasteiger partial charge in [-0.1, -0.05) is 24.3 Å². The van der Waals surface area contributed by atoms with Gasteiger partial charge in [-0.25, -0.2) is 0 Å². The van der Waals surface area contributed by atoms with Crippen LogP contribution in [0, 0.1) is 11.8 Å². The van der Waals surface area contributed by atoms with Crippen LogP contribution in [-0.2, 0) is 16.0 Å². The molecule has 0 aromatic heterocycles. The highest BCUT2D eigenvalue weighted by molar-refractivity contribution is 5.91. The number of rotatable bonds is 2. The van der Waals surface area contributed by atoms with E-state index in [9.17, 15) is 9.59 Å². The number of amides is 2. The first-order valence-corrected chi connectivity index (χ1v) is 10.6. The highest BCUT2D eigenvalue weighted by atomic mass is 16.2. The molecule has 5 rings (SSSR count). The number of nitrogens with one attached hydrogen (secondary N) is 1. The second-order valence-electron chi connectivity index (χ2n) is 8.98. The lowest BCUT2D eigenvalue weighted by Gasteiger charge is -2.35. The Hall–Kier alpha value is -1.88. The minimum atomic E-state index is -0.438. The van der Waals surface area contributed by atoms with Crippen molar-refractivity contribution < 1.29 is 9.59 Å². The highest BCUT2D eigenvalue weighted by Crippen LogP contribution is 2.49. The Labute approximate surface area is 160 Å². The smallest absolute Gasteiger partial charge is 0.243 e. The van der Waals surface area contributed by atoms with E-state index in [1.54, 1.807) is 0 Å². The summed E-state index contributed by atoms with van der Waals surface area (Å²) < 4.78 is 0. The van der Waals surface area contributed by atoms with Gasteiger partial charge in [0.25, 0.3) is 0 Å². The predicted octanol–water partition coefficient (Wildman–Crippen LogP) is 2.30. The van der Waals surface area contributed by atoms with Gasteiger partial charge in [-0.3, -0.25) is 9.59 Å². The summed E-state index contributed by atoms with van der Waals surface area (Å²) in [5.41, 5.74) is 8.78. The van der Waals surface area contributed by atoms with E-state index < -0.39 is 6.04 Å². The van der Waals surface area contributed by atoms with Gasteiger partial charge in [0.15, 0.2) is 0 Å². The fourth-order valence-electron chi connectivity index (χ4n) is 5.73. The Morgan fingerprint density at radius 2 is 1.89 bits per heavy atom. The molecule has 144 valence electrons. The third-order valence-electron chi connectivity index (χ3n) is 7.26. The zero-order valence-electron chi connectivity index (χ0n) is 15.8. The van der Waals surface area contributed by atoms with Crippen molar-refractivity contribution in [3.8, 4) is 0 Å². The summed E-state index contributed by atoms with van der Waals surface area (Å²) in [4.78, 5) is 28.0. The van der Waals surface area contributed by atoms with Gasteiger partial charge in [-0.05, 0) is 74.3 Å². The minimum absolute atomic E-state index is 0.00711. The largest absolute Gasteiger partial charge is 0.347 e. The molecule has 2 unspecified atom stereocenters. The minimum Gasteiger partial charge on any atom is -0.347 e. The van der Waals surface area contributed by atoms with Gasteiger partial charge in [0, 0.05) is 6.04 Å². The number of carbonyl (C=O) groups excluding carboxylic acids is 2. The fraction of sp³-hybridized carbons (Fsp3) is 0.636. The van der Waals surface area contributed by atoms with Crippen LogP contribution in [0.1, 0.15) is 62.1 Å². The molecule has 2 amide bonds. The Balaban J connectivity index is 1.34. The van der Waals surface area contributed by atoms with Gasteiger partial charge in [0.1, 0.15) is 6.04 Å². The van der Waals surface area contributed by atoms with Crippen molar-refractivity contribution in [1.29, 1.82) is 0 Å². The van der Waals surface area contributed by atoms with E-state index >= 15 is 0 Å². The molecule has 5 nitrogen and oxygen atoms in total. The molecule has 0 radical (unpaired) electrons. The van der Waals surface area contributed by atoms with Gasteiger partial charge in [-0.15, -0.1) is 0 Å². The Morgan fingerprint density at radius 1 is 1.07 bits per heavy atom. The third-order valence-corrected chi connectivity index (χ3v) is 7.26. The van der Waals surface area contributed by atoms with Crippen LogP contribution in [0.4, 0.5) is 0 Å². The van der Waals surface area contributed by atoms with Gasteiger partial charge in [0.05, 0.1) is 12.1 Å². The molecule has 0 bridgehead atoms. The number of carbonyl (C=O) groups is 2. The zero-order chi connectivity index (χ0) is 18.5. The molecule has 27 heavy (non-hydrogen) atoms. The highest BCUT2D eigenvalue weighted by Gasteiger charge is 2.50. The molecule has 1 aromatic rings. The SMILES string of the molecule is N[C@H]1CC2CC2C[C@H]2CC[C@@H](C(=O)N[C@@H]3CCCc4ccccc43)N2C1=O. The van der Waals surface area contributed by atoms with Crippen LogP contribution in [0.2, 0.25) is 0 Å². The third kappa shape index (κ3) is 3.06. The van der Waals surface area contributed by atoms with Gasteiger partial charge >= 0.3 is 0 Å². The lowest BCUT2D eigenvalue weighted by Crippen LogP contribution is -2.55. The molecule has 0 spiro atoms. The number of aryl methyl sites for hydroxylation is 1. The lowest BCUT2D eigenvalue weighted by molar-refractivity contribution is -0.142. The van der Waals surface area contributed by atoms with Crippen LogP contribution in [0.15, 0.2) is 24.3 Å². The van der Waals surface area contributed by atoms with Crippen molar-refractivity contribution in [3.05, 3.63) is 35.4 Å². The Bertz CT molecular complexity index is 764. The molecule has 1 aromatic carbocycles. The van der Waals surface area contributed by atoms with Gasteiger partial charge in [0.2, 0.25) is 11.8 Å². The van der Waals surface area contributed by atoms with Crippen molar-refractivity contribution >= 4 is 11.8 Å². The maximum atomic E-state index is 13.2. The Morgan fingerprint density at radius 3 is 2.78 bits per heavy atom. The average Bonchev–Trinajstić information content (AvgIpc) is 3.24. The number of nitrogens with zero attached hydrogens (tertiary/aromatic N) is 1. The number of benzene rings is 1. The van der Waals surface area contributed by atoms with E-state index in [-0.39, 0.29) is 29.9 Å². The van der Waals surface area contributed by atoms with E-state index in [2.05, 4.69) is 23.5 Å². The van der Waals surface area contributed by atoms with Gasteiger partial charge < -0.3 is 16.0 Å². The molecule has 2 saturated heterocycles. The topological polar surface area (TPSA) is 75.4 Å². The van der Waals surface area contributed by atoms with Gasteiger partial charge in [-0.2, -0.15) is 0 Å². The van der Waals surface area contributed by atoms with E-state index in [0.29, 0.717) is 11.8 Å². The van der Waals surface area contributed by atoms with Crippen molar-refractivity contribution in [2.24, 2.45) is 17.6 Å². The molecular weight excluding hydrogens is 338 g/mol. The lowest BCUT2D eigenvalue weighted by atomic mass is 9.87. The molecule has 3 fully saturated rings. The van der Waals surface area contributed by atoms with E-state index in [1.807, 2.05) is 11.0 Å². The first kappa shape index (κ1) is 17.2. The van der Waals surface area contributed by atoms with E-state index in [1.165, 1.54) is 17.5 Å². The zero-order valence-corrected chi connectivity index (χ0v) is 15.8. The number of fused-ring (bicyclic) bond motifs is 3. The van der Waals surface area contributed by atoms with Crippen LogP contribution < -0.4 is 11.1 Å². The molecule has 1 saturated carbocycles. The maximum absolute atomic E-state index is 13.2. The quantitative estimate of drug-likeness (QED) is 0.842. The molecule has 3 N–H and O–H groups in total. The monoisotopic (exact) mass is 367 g/mol. The van der Waals surface area contributed by atoms with Crippen LogP contribution in [0.3, 0.4) is 0 Å². The number of nitrogens with two attached hydrogens (primary N) is 1. The normalized spacial score (nSPS) is 37.5. The summed E-state index contributed by atoms with van der Waals surface area (Å²) in [5.74, 6) is 1.35. The van der Waals surface area contributed by atoms with Crippen molar-refractivity contribution in [2.45, 2.75) is 75.5 Å². The van der Waals surface area contributed by atoms with Crippen LogP contribution in [0.5, 0.6) is 0 Å². The standard InChI is InChI=1S/C22H29N3O2/c23-18-12-15-10-14(15)11-16-8-9-20(25(16)22(18)27)21(26)24-19-7-3-5-13-4-1-2-6-17(13)19/h1-2,4,6,14-16,18-20H,3,5,7-12,23H2,(H,24,26)/t14?,15?,16-,18+,19-,20+/m1/s1. The van der Waals surface area contributed by atoms with Crippen LogP contribution >= 0.6 is 0 Å². The van der Waals surface area contributed by atoms with Crippen LogP contribution in [-0.4, -0.2) is 34.8 Å². The summed E-state index contributed by atoms with van der Waals surface area (Å²) >= 11 is 0. The molecule has 6 atom stereocenters. The second-order valence-corrected chi connectivity index (χ2v) is 8.98. The molecule has 2 aliphatic carbocycles. The summed E-state index contributed by atoms with van der Waals surface area (Å²) in [7, 11) is 0. The maximum Gasteiger partial charge on any atom is 0.243 e. The molecule has 2 aliphatic heterocycles. The average molecular weight is 367 g/mol. The first-order chi connectivity index (χ1) is 13.1. The fourth-order valence-corrected chi connectivity index (χ4v) is 5.73. The molecular formula is C22H29N3O2. The Kier molecular flexibility index (Phi) is 4.23. The number of hydrogen-bond acceptors (Lipinski definition) is 3. The second kappa shape index (κ2) is 6.62. The van der Waals surface area contributed by atoms with Crippen molar-refractivity contribution in [3.63, 3.8) is 0 Å². The summed E-state index contributed by atoms with van der Waals surface area (Å²) in [5, 5.41) is 3.27. The predicted molar refractivity (Wildman–Crippen MR) is 103 cm³/mol. The summed E-state index contributed by atoms with van der Waals surface area (Å²) in [6.07, 6.45) is 7.89. The molecule has 2 heterocycles. The summed E-state index contributed by atoms with van der Waals surface area (Å²) in [6, 6.07) is 7.87. The van der Waals surface area contributed by atoms with Crippen molar-refractivity contribution in [1.82, 2.24) is 10.2 Å². The van der Waals surface area contributed by atoms with E-state index in [0.717, 1.165) is 44.9 Å².